The fourth-order valence-electron chi connectivity index (χ4n) is 4.32. The maximum atomic E-state index is 13.6. The van der Waals surface area contributed by atoms with E-state index < -0.39 is 43.7 Å². The number of hydrogen-bond donors (Lipinski definition) is 0. The van der Waals surface area contributed by atoms with Gasteiger partial charge in [0.2, 0.25) is 0 Å². The minimum absolute atomic E-state index is 0.0778. The van der Waals surface area contributed by atoms with Crippen molar-refractivity contribution < 1.29 is 31.1 Å². The zero-order chi connectivity index (χ0) is 25.4. The van der Waals surface area contributed by atoms with Gasteiger partial charge >= 0.3 is 12.1 Å². The molecule has 0 radical (unpaired) electrons. The molecule has 0 saturated carbocycles. The predicted octanol–water partition coefficient (Wildman–Crippen LogP) is 4.18. The highest BCUT2D eigenvalue weighted by atomic mass is 32.2. The van der Waals surface area contributed by atoms with E-state index in [1.54, 1.807) is 41.6 Å². The number of halogens is 3. The van der Waals surface area contributed by atoms with E-state index in [0.717, 1.165) is 18.2 Å². The van der Waals surface area contributed by atoms with Gasteiger partial charge in [-0.25, -0.2) is 17.9 Å². The standard InChI is InChI=1S/C24H24F3N3O4S/c1-3-34-23(31)20-14-18(35(32,33)21-12-8-7-11-19(21)24(25,26)27)15-29(20)22-13-16(2)28-30(22)17-9-5-4-6-10-17/h4-13,18,20H,3,14-15H2,1-2H3. The van der Waals surface area contributed by atoms with E-state index in [2.05, 4.69) is 5.10 Å². The SMILES string of the molecule is CCOC(=O)C1CC(S(=O)(=O)c2ccccc2C(F)(F)F)CN1c1cc(C)nn1-c1ccccc1. The third-order valence-electron chi connectivity index (χ3n) is 5.87. The monoisotopic (exact) mass is 507 g/mol. The van der Waals surface area contributed by atoms with Crippen molar-refractivity contribution in [2.45, 2.75) is 42.6 Å². The second-order valence-corrected chi connectivity index (χ2v) is 10.4. The van der Waals surface area contributed by atoms with Gasteiger partial charge in [-0.1, -0.05) is 30.3 Å². The summed E-state index contributed by atoms with van der Waals surface area (Å²) in [6, 6.07) is 13.9. The van der Waals surface area contributed by atoms with Crippen LogP contribution in [-0.4, -0.2) is 48.6 Å². The van der Waals surface area contributed by atoms with Crippen LogP contribution in [0.25, 0.3) is 5.69 Å². The molecule has 2 heterocycles. The van der Waals surface area contributed by atoms with Crippen LogP contribution in [0.1, 0.15) is 24.6 Å². The summed E-state index contributed by atoms with van der Waals surface area (Å²) in [7, 11) is -4.44. The van der Waals surface area contributed by atoms with Crippen LogP contribution in [0.5, 0.6) is 0 Å². The average Bonchev–Trinajstić information content (AvgIpc) is 3.43. The Bertz CT molecular complexity index is 1320. The number of aromatic nitrogens is 2. The second kappa shape index (κ2) is 9.37. The van der Waals surface area contributed by atoms with E-state index in [1.165, 1.54) is 6.07 Å². The molecule has 0 aliphatic carbocycles. The Labute approximate surface area is 201 Å². The summed E-state index contributed by atoms with van der Waals surface area (Å²) in [5.41, 5.74) is 0.0865. The number of rotatable bonds is 6. The summed E-state index contributed by atoms with van der Waals surface area (Å²) in [5, 5.41) is 3.22. The minimum atomic E-state index is -4.84. The van der Waals surface area contributed by atoms with E-state index in [1.807, 2.05) is 18.2 Å². The van der Waals surface area contributed by atoms with Crippen molar-refractivity contribution in [1.82, 2.24) is 9.78 Å². The number of para-hydroxylation sites is 1. The number of nitrogens with zero attached hydrogens (tertiary/aromatic N) is 3. The largest absolute Gasteiger partial charge is 0.464 e. The molecule has 0 N–H and O–H groups in total. The molecule has 1 aliphatic rings. The second-order valence-electron chi connectivity index (χ2n) is 8.21. The van der Waals surface area contributed by atoms with Gasteiger partial charge in [0.05, 0.1) is 33.7 Å². The van der Waals surface area contributed by atoms with Crippen molar-refractivity contribution in [1.29, 1.82) is 0 Å². The van der Waals surface area contributed by atoms with Crippen LogP contribution in [0.2, 0.25) is 0 Å². The number of alkyl halides is 3. The zero-order valence-corrected chi connectivity index (χ0v) is 19.9. The molecular formula is C24H24F3N3O4S. The summed E-state index contributed by atoms with van der Waals surface area (Å²) < 4.78 is 74.5. The van der Waals surface area contributed by atoms with Crippen molar-refractivity contribution in [3.05, 3.63) is 71.9 Å². The summed E-state index contributed by atoms with van der Waals surface area (Å²) in [6.45, 7) is 3.26. The van der Waals surface area contributed by atoms with Crippen LogP contribution in [0, 0.1) is 6.92 Å². The molecule has 11 heteroatoms. The van der Waals surface area contributed by atoms with Crippen LogP contribution >= 0.6 is 0 Å². The van der Waals surface area contributed by atoms with Crippen LogP contribution in [0.4, 0.5) is 19.0 Å². The molecule has 2 atom stereocenters. The molecule has 3 aromatic rings. The molecule has 186 valence electrons. The lowest BCUT2D eigenvalue weighted by molar-refractivity contribution is -0.144. The molecule has 0 spiro atoms. The molecule has 0 amide bonds. The quantitative estimate of drug-likeness (QED) is 0.466. The fraction of sp³-hybridized carbons (Fsp3) is 0.333. The third kappa shape index (κ3) is 4.77. The fourth-order valence-corrected chi connectivity index (χ4v) is 6.23. The maximum absolute atomic E-state index is 13.6. The number of benzene rings is 2. The number of ether oxygens (including phenoxy) is 1. The summed E-state index contributed by atoms with van der Waals surface area (Å²) in [4.78, 5) is 13.6. The number of hydrogen-bond acceptors (Lipinski definition) is 6. The first-order chi connectivity index (χ1) is 16.5. The van der Waals surface area contributed by atoms with Gasteiger partial charge in [0.15, 0.2) is 9.84 Å². The Balaban J connectivity index is 1.78. The molecule has 1 aliphatic heterocycles. The Morgan fingerprint density at radius 3 is 2.43 bits per heavy atom. The van der Waals surface area contributed by atoms with Crippen molar-refractivity contribution in [3.63, 3.8) is 0 Å². The van der Waals surface area contributed by atoms with Gasteiger partial charge in [-0.2, -0.15) is 18.3 Å². The smallest absolute Gasteiger partial charge is 0.417 e. The molecule has 1 fully saturated rings. The number of carbonyl (C=O) groups is 1. The highest BCUT2D eigenvalue weighted by Crippen LogP contribution is 2.39. The van der Waals surface area contributed by atoms with E-state index in [9.17, 15) is 26.4 Å². The first-order valence-corrected chi connectivity index (χ1v) is 12.5. The van der Waals surface area contributed by atoms with Gasteiger partial charge in [0, 0.05) is 12.6 Å². The van der Waals surface area contributed by atoms with Crippen LogP contribution < -0.4 is 4.90 Å². The molecular weight excluding hydrogens is 483 g/mol. The normalized spacial score (nSPS) is 18.6. The first kappa shape index (κ1) is 24.8. The first-order valence-electron chi connectivity index (χ1n) is 11.0. The van der Waals surface area contributed by atoms with Crippen molar-refractivity contribution in [2.24, 2.45) is 0 Å². The van der Waals surface area contributed by atoms with Gasteiger partial charge in [0.25, 0.3) is 0 Å². The number of carbonyl (C=O) groups excluding carboxylic acids is 1. The van der Waals surface area contributed by atoms with Gasteiger partial charge in [-0.15, -0.1) is 0 Å². The maximum Gasteiger partial charge on any atom is 0.417 e. The Morgan fingerprint density at radius 1 is 1.11 bits per heavy atom. The third-order valence-corrected chi connectivity index (χ3v) is 8.06. The van der Waals surface area contributed by atoms with Crippen molar-refractivity contribution >= 4 is 21.6 Å². The highest BCUT2D eigenvalue weighted by molar-refractivity contribution is 7.92. The zero-order valence-electron chi connectivity index (χ0n) is 19.1. The number of aryl methyl sites for hydroxylation is 1. The Morgan fingerprint density at radius 2 is 1.77 bits per heavy atom. The van der Waals surface area contributed by atoms with Gasteiger partial charge in [-0.05, 0) is 44.5 Å². The number of sulfone groups is 1. The van der Waals surface area contributed by atoms with E-state index in [4.69, 9.17) is 4.74 Å². The van der Waals surface area contributed by atoms with E-state index >= 15 is 0 Å². The number of esters is 1. The molecule has 7 nitrogen and oxygen atoms in total. The minimum Gasteiger partial charge on any atom is -0.464 e. The lowest BCUT2D eigenvalue weighted by Crippen LogP contribution is -2.38. The van der Waals surface area contributed by atoms with Crippen LogP contribution in [0.15, 0.2) is 65.6 Å². The molecule has 0 bridgehead atoms. The van der Waals surface area contributed by atoms with Gasteiger partial charge in [-0.3, -0.25) is 0 Å². The molecule has 1 aromatic heterocycles. The van der Waals surface area contributed by atoms with Crippen molar-refractivity contribution in [3.8, 4) is 5.69 Å². The van der Waals surface area contributed by atoms with Crippen LogP contribution in [0.3, 0.4) is 0 Å². The average molecular weight is 508 g/mol. The molecule has 1 saturated heterocycles. The molecule has 2 aromatic carbocycles. The number of anilines is 1. The topological polar surface area (TPSA) is 81.5 Å². The van der Waals surface area contributed by atoms with Gasteiger partial charge in [0.1, 0.15) is 11.9 Å². The lowest BCUT2D eigenvalue weighted by atomic mass is 10.2. The van der Waals surface area contributed by atoms with Gasteiger partial charge < -0.3 is 9.64 Å². The molecule has 2 unspecified atom stereocenters. The summed E-state index contributed by atoms with van der Waals surface area (Å²) in [6.07, 6.45) is -5.06. The predicted molar refractivity (Wildman–Crippen MR) is 123 cm³/mol. The summed E-state index contributed by atoms with van der Waals surface area (Å²) >= 11 is 0. The lowest BCUT2D eigenvalue weighted by Gasteiger charge is -2.25. The Kier molecular flexibility index (Phi) is 6.63. The molecule has 35 heavy (non-hydrogen) atoms. The summed E-state index contributed by atoms with van der Waals surface area (Å²) in [5.74, 6) is -0.193. The van der Waals surface area contributed by atoms with E-state index in [-0.39, 0.29) is 19.6 Å². The highest BCUT2D eigenvalue weighted by Gasteiger charge is 2.47. The van der Waals surface area contributed by atoms with Crippen molar-refractivity contribution in [2.75, 3.05) is 18.1 Å². The molecule has 4 rings (SSSR count). The van der Waals surface area contributed by atoms with Crippen LogP contribution in [-0.2, 0) is 25.5 Å². The Hall–Kier alpha value is -3.34. The van der Waals surface area contributed by atoms with E-state index in [0.29, 0.717) is 17.2 Å².